The van der Waals surface area contributed by atoms with Crippen molar-refractivity contribution in [1.82, 2.24) is 4.90 Å². The van der Waals surface area contributed by atoms with Gasteiger partial charge in [-0.05, 0) is 106 Å². The number of rotatable bonds is 25. The molecular weight excluding hydrogens is 867 g/mol. The molecule has 6 atom stereocenters. The Bertz CT molecular complexity index is 2110. The Balaban J connectivity index is 1.53. The molecule has 15 nitrogen and oxygen atoms in total. The predicted octanol–water partition coefficient (Wildman–Crippen LogP) is 8.71. The van der Waals surface area contributed by atoms with Gasteiger partial charge in [0.15, 0.2) is 0 Å². The molecule has 3 aromatic rings. The number of allylic oxidation sites excluding steroid dienone is 1. The first kappa shape index (κ1) is 50.4. The van der Waals surface area contributed by atoms with E-state index in [0.29, 0.717) is 36.7 Å². The standard InChI is InChI=1S/C50H65N3O12S/c1-5-27-62-50-45(52(23-28-60-29-26-56)48(57)63-37-19-17-36(18-20-37)53(58)59)34-43(51-65-49(2,3)4)41-32-35(13-9-11-24-54)40(16-10-12-25-55)46(47(41)50)42-33-38(21-22-44(42)64-50)61-30-31-66-39-14-7-6-8-15-39/h5-8,14-15,17-22,32-33,35,40,45-47,54-56H,1,9-13,16,23-31,34H2,2-4H3/t35-,40+,45-,46+,47+,50+/m0/s1. The Morgan fingerprint density at radius 3 is 2.38 bits per heavy atom. The number of thioether (sulfide) groups is 1. The maximum atomic E-state index is 14.8. The largest absolute Gasteiger partial charge is 0.493 e. The molecule has 2 aliphatic carbocycles. The highest BCUT2D eigenvalue weighted by Gasteiger charge is 2.65. The van der Waals surface area contributed by atoms with Crippen LogP contribution in [0, 0.1) is 27.9 Å². The van der Waals surface area contributed by atoms with Crippen LogP contribution in [0.15, 0.2) is 107 Å². The molecule has 1 aliphatic heterocycles. The van der Waals surface area contributed by atoms with E-state index in [2.05, 4.69) is 30.9 Å². The van der Waals surface area contributed by atoms with Crippen molar-refractivity contribution >= 4 is 29.3 Å². The first-order valence-corrected chi connectivity index (χ1v) is 23.9. The van der Waals surface area contributed by atoms with Crippen LogP contribution in [0.1, 0.15) is 77.2 Å². The third kappa shape index (κ3) is 12.7. The summed E-state index contributed by atoms with van der Waals surface area (Å²) in [4.78, 5) is 34.6. The van der Waals surface area contributed by atoms with Crippen molar-refractivity contribution in [2.24, 2.45) is 22.9 Å². The van der Waals surface area contributed by atoms with Gasteiger partial charge in [-0.15, -0.1) is 18.3 Å². The number of fused-ring (bicyclic) bond motifs is 2. The summed E-state index contributed by atoms with van der Waals surface area (Å²) in [6, 6.07) is 20.3. The van der Waals surface area contributed by atoms with Gasteiger partial charge in [-0.2, -0.15) is 0 Å². The Hall–Kier alpha value is -4.97. The zero-order valence-electron chi connectivity index (χ0n) is 38.3. The Morgan fingerprint density at radius 1 is 0.970 bits per heavy atom. The van der Waals surface area contributed by atoms with Crippen molar-refractivity contribution in [3.05, 3.63) is 113 Å². The van der Waals surface area contributed by atoms with Crippen LogP contribution in [0.25, 0.3) is 0 Å². The van der Waals surface area contributed by atoms with Gasteiger partial charge in [0, 0.05) is 60.4 Å². The van der Waals surface area contributed by atoms with Gasteiger partial charge < -0.3 is 43.8 Å². The molecule has 0 saturated heterocycles. The average molecular weight is 932 g/mol. The summed E-state index contributed by atoms with van der Waals surface area (Å²) in [6.45, 7) is 10.2. The third-order valence-electron chi connectivity index (χ3n) is 12.0. The second kappa shape index (κ2) is 24.2. The highest BCUT2D eigenvalue weighted by molar-refractivity contribution is 7.99. The van der Waals surface area contributed by atoms with Crippen molar-refractivity contribution in [3.8, 4) is 17.2 Å². The quantitative estimate of drug-likeness (QED) is 0.0241. The number of ether oxygens (including phenoxy) is 5. The molecule has 3 N–H and O–H groups in total. The summed E-state index contributed by atoms with van der Waals surface area (Å²) in [5, 5.41) is 45.9. The summed E-state index contributed by atoms with van der Waals surface area (Å²) in [6.07, 6.45) is 7.56. The number of benzene rings is 3. The maximum absolute atomic E-state index is 14.8. The van der Waals surface area contributed by atoms with Crippen LogP contribution in [-0.4, -0.2) is 113 Å². The van der Waals surface area contributed by atoms with Crippen LogP contribution in [0.5, 0.6) is 17.2 Å². The van der Waals surface area contributed by atoms with E-state index >= 15 is 0 Å². The number of carbonyl (C=O) groups is 1. The molecule has 6 rings (SSSR count). The lowest BCUT2D eigenvalue weighted by molar-refractivity contribution is -0.384. The minimum absolute atomic E-state index is 0.0147. The van der Waals surface area contributed by atoms with E-state index in [9.17, 15) is 30.2 Å². The monoisotopic (exact) mass is 931 g/mol. The molecule has 16 heteroatoms. The van der Waals surface area contributed by atoms with Crippen molar-refractivity contribution in [2.75, 3.05) is 58.5 Å². The number of aliphatic hydroxyl groups excluding tert-OH is 3. The van der Waals surface area contributed by atoms with Crippen LogP contribution in [0.3, 0.4) is 0 Å². The van der Waals surface area contributed by atoms with E-state index in [0.717, 1.165) is 47.5 Å². The Labute approximate surface area is 391 Å². The molecule has 1 saturated carbocycles. The number of nitro groups is 1. The molecule has 0 spiro atoms. The average Bonchev–Trinajstić information content (AvgIpc) is 3.30. The van der Waals surface area contributed by atoms with E-state index in [1.54, 1.807) is 17.8 Å². The third-order valence-corrected chi connectivity index (χ3v) is 13.0. The number of amides is 1. The topological polar surface area (TPSA) is 192 Å². The van der Waals surface area contributed by atoms with E-state index in [1.165, 1.54) is 29.2 Å². The zero-order chi connectivity index (χ0) is 47.1. The fourth-order valence-electron chi connectivity index (χ4n) is 9.27. The summed E-state index contributed by atoms with van der Waals surface area (Å²) in [5.74, 6) is -0.393. The minimum Gasteiger partial charge on any atom is -0.493 e. The van der Waals surface area contributed by atoms with Gasteiger partial charge >= 0.3 is 6.09 Å². The molecule has 3 aromatic carbocycles. The molecule has 0 unspecified atom stereocenters. The molecule has 3 aliphatic rings. The normalized spacial score (nSPS) is 22.6. The molecule has 358 valence electrons. The highest BCUT2D eigenvalue weighted by Crippen LogP contribution is 2.62. The van der Waals surface area contributed by atoms with Crippen molar-refractivity contribution in [3.63, 3.8) is 0 Å². The van der Waals surface area contributed by atoms with Crippen LogP contribution < -0.4 is 14.2 Å². The number of non-ortho nitro benzene ring substituents is 1. The van der Waals surface area contributed by atoms with Gasteiger partial charge in [-0.1, -0.05) is 48.3 Å². The molecule has 66 heavy (non-hydrogen) atoms. The van der Waals surface area contributed by atoms with E-state index < -0.39 is 34.4 Å². The number of oxime groups is 1. The number of hydrogen-bond acceptors (Lipinski definition) is 14. The maximum Gasteiger partial charge on any atom is 0.415 e. The van der Waals surface area contributed by atoms with E-state index in [4.69, 9.17) is 33.7 Å². The lowest BCUT2D eigenvalue weighted by Crippen LogP contribution is -2.70. The number of unbranched alkanes of at least 4 members (excludes halogenated alkanes) is 2. The fourth-order valence-corrected chi connectivity index (χ4v) is 10.0. The number of nitrogens with zero attached hydrogens (tertiary/aromatic N) is 3. The van der Waals surface area contributed by atoms with Gasteiger partial charge in [-0.25, -0.2) is 4.79 Å². The summed E-state index contributed by atoms with van der Waals surface area (Å²) in [5.41, 5.74) is 1.55. The first-order chi connectivity index (χ1) is 31.9. The van der Waals surface area contributed by atoms with Crippen LogP contribution in [0.2, 0.25) is 0 Å². The Morgan fingerprint density at radius 2 is 1.70 bits per heavy atom. The molecule has 1 fully saturated rings. The predicted molar refractivity (Wildman–Crippen MR) is 252 cm³/mol. The van der Waals surface area contributed by atoms with E-state index in [-0.39, 0.29) is 81.8 Å². The van der Waals surface area contributed by atoms with Crippen LogP contribution in [0.4, 0.5) is 10.5 Å². The number of nitro benzene ring substituents is 1. The molecule has 1 heterocycles. The summed E-state index contributed by atoms with van der Waals surface area (Å²) >= 11 is 1.71. The summed E-state index contributed by atoms with van der Waals surface area (Å²) < 4.78 is 32.6. The van der Waals surface area contributed by atoms with Gasteiger partial charge in [0.2, 0.25) is 5.79 Å². The molecule has 0 aromatic heterocycles. The van der Waals surface area contributed by atoms with Crippen LogP contribution in [-0.2, 0) is 14.3 Å². The van der Waals surface area contributed by atoms with Gasteiger partial charge in [0.1, 0.15) is 28.9 Å². The Kier molecular flexibility index (Phi) is 18.5. The summed E-state index contributed by atoms with van der Waals surface area (Å²) in [7, 11) is 0. The molecular formula is C50H65N3O12S. The number of aliphatic hydroxyl groups is 3. The smallest absolute Gasteiger partial charge is 0.415 e. The van der Waals surface area contributed by atoms with Gasteiger partial charge in [0.05, 0.1) is 49.6 Å². The second-order valence-electron chi connectivity index (χ2n) is 17.6. The van der Waals surface area contributed by atoms with Gasteiger partial charge in [0.25, 0.3) is 5.69 Å². The highest BCUT2D eigenvalue weighted by atomic mass is 32.2. The first-order valence-electron chi connectivity index (χ1n) is 22.9. The van der Waals surface area contributed by atoms with Crippen molar-refractivity contribution in [1.29, 1.82) is 0 Å². The minimum atomic E-state index is -1.58. The number of hydrogen-bond donors (Lipinski definition) is 3. The molecule has 0 bridgehead atoms. The molecule has 1 amide bonds. The SMILES string of the molecule is C=CCO[C@@]12Oc3ccc(OCCSc4ccccc4)cc3[C@H]3[C@H](CCCCO)[C@@H](CCCCO)C=C(C(=NOC(C)(C)C)C[C@@H]1N(CCOCCO)C(=O)Oc1ccc([N+](=O)[O-])cc1)[C@H]32. The van der Waals surface area contributed by atoms with Crippen LogP contribution >= 0.6 is 11.8 Å². The van der Waals surface area contributed by atoms with Crippen molar-refractivity contribution in [2.45, 2.75) is 94.0 Å². The zero-order valence-corrected chi connectivity index (χ0v) is 39.1. The number of carbonyl (C=O) groups excluding carboxylic acids is 1. The van der Waals surface area contributed by atoms with Crippen molar-refractivity contribution < 1.29 is 53.6 Å². The fraction of sp³-hybridized carbons (Fsp3) is 0.520. The second-order valence-corrected chi connectivity index (χ2v) is 18.8. The van der Waals surface area contributed by atoms with E-state index in [1.807, 2.05) is 51.1 Å². The lowest BCUT2D eigenvalue weighted by Gasteiger charge is -2.59. The molecule has 0 radical (unpaired) electrons. The van der Waals surface area contributed by atoms with Gasteiger partial charge in [-0.3, -0.25) is 15.0 Å². The lowest BCUT2D eigenvalue weighted by atomic mass is 9.55.